The van der Waals surface area contributed by atoms with Crippen molar-refractivity contribution in [3.63, 3.8) is 0 Å². The van der Waals surface area contributed by atoms with Gasteiger partial charge in [0.05, 0.1) is 11.1 Å². The Balaban J connectivity index is 0.000000238. The van der Waals surface area contributed by atoms with Gasteiger partial charge in [-0.2, -0.15) is 0 Å². The van der Waals surface area contributed by atoms with E-state index >= 15 is 0 Å². The van der Waals surface area contributed by atoms with E-state index < -0.39 is 36.1 Å². The minimum absolute atomic E-state index is 0.0332. The van der Waals surface area contributed by atoms with Crippen LogP contribution in [0.1, 0.15) is 102 Å². The Morgan fingerprint density at radius 3 is 1.87 bits per heavy atom. The monoisotopic (exact) mass is 730 g/mol. The van der Waals surface area contributed by atoms with Crippen molar-refractivity contribution in [1.29, 1.82) is 0 Å². The molecule has 1 heterocycles. The molecule has 5 atom stereocenters. The SMILES string of the molecule is CCCCCC(CC)NC(=O)Oc1ccc2c(c1)[C@@]1(C)CCN[C@H]1C2.Cc1ccc(C(=O)O[C@@H](C(=O)O)[C@@H](OC(=O)c2ccc(C)cc2)C(=O)O)cc1. The molecule has 0 spiro atoms. The van der Waals surface area contributed by atoms with E-state index in [2.05, 4.69) is 43.5 Å². The van der Waals surface area contributed by atoms with Gasteiger partial charge in [-0.05, 0) is 93.6 Å². The molecule has 2 aliphatic rings. The van der Waals surface area contributed by atoms with Crippen LogP contribution in [0.3, 0.4) is 0 Å². The smallest absolute Gasteiger partial charge is 0.412 e. The number of carbonyl (C=O) groups is 5. The highest BCUT2D eigenvalue weighted by atomic mass is 16.6. The molecule has 3 aromatic rings. The lowest BCUT2D eigenvalue weighted by Crippen LogP contribution is -2.45. The van der Waals surface area contributed by atoms with Gasteiger partial charge in [0, 0.05) is 17.5 Å². The molecule has 4 N–H and O–H groups in total. The molecule has 1 amide bonds. The van der Waals surface area contributed by atoms with E-state index in [1.807, 2.05) is 6.07 Å². The molecule has 0 saturated carbocycles. The van der Waals surface area contributed by atoms with Crippen LogP contribution in [0.15, 0.2) is 66.7 Å². The van der Waals surface area contributed by atoms with Gasteiger partial charge in [-0.1, -0.05) is 81.5 Å². The number of carboxylic acid groups (broad SMARTS) is 2. The summed E-state index contributed by atoms with van der Waals surface area (Å²) in [7, 11) is 0. The first kappa shape index (κ1) is 40.5. The van der Waals surface area contributed by atoms with Crippen LogP contribution >= 0.6 is 0 Å². The van der Waals surface area contributed by atoms with Crippen LogP contribution in [0, 0.1) is 13.8 Å². The average molecular weight is 731 g/mol. The van der Waals surface area contributed by atoms with E-state index in [9.17, 15) is 34.2 Å². The quantitative estimate of drug-likeness (QED) is 0.105. The molecule has 0 bridgehead atoms. The number of carboxylic acids is 2. The summed E-state index contributed by atoms with van der Waals surface area (Å²) in [4.78, 5) is 59.6. The number of ether oxygens (including phenoxy) is 3. The van der Waals surface area contributed by atoms with E-state index in [1.165, 1.54) is 48.2 Å². The number of hydrogen-bond donors (Lipinski definition) is 4. The second-order valence-corrected chi connectivity index (χ2v) is 13.9. The number of carbonyl (C=O) groups excluding carboxylic acids is 3. The number of amides is 1. The second kappa shape index (κ2) is 18.5. The van der Waals surface area contributed by atoms with Crippen LogP contribution < -0.4 is 15.4 Å². The van der Waals surface area contributed by atoms with Gasteiger partial charge in [-0.25, -0.2) is 24.0 Å². The molecule has 284 valence electrons. The van der Waals surface area contributed by atoms with E-state index in [0.717, 1.165) is 49.8 Å². The third kappa shape index (κ3) is 10.7. The summed E-state index contributed by atoms with van der Waals surface area (Å²) in [5.74, 6) is -4.96. The topological polar surface area (TPSA) is 178 Å². The summed E-state index contributed by atoms with van der Waals surface area (Å²) in [6.45, 7) is 11.3. The maximum absolute atomic E-state index is 12.3. The molecule has 0 radical (unpaired) electrons. The fourth-order valence-electron chi connectivity index (χ4n) is 6.63. The molecule has 12 nitrogen and oxygen atoms in total. The number of unbranched alkanes of at least 4 members (excludes halogenated alkanes) is 2. The van der Waals surface area contributed by atoms with Gasteiger partial charge >= 0.3 is 30.0 Å². The van der Waals surface area contributed by atoms with Crippen molar-refractivity contribution in [2.75, 3.05) is 6.54 Å². The summed E-state index contributed by atoms with van der Waals surface area (Å²) in [6, 6.07) is 18.9. The van der Waals surface area contributed by atoms with E-state index in [-0.39, 0.29) is 28.7 Å². The van der Waals surface area contributed by atoms with Crippen molar-refractivity contribution < 1.29 is 48.4 Å². The summed E-state index contributed by atoms with van der Waals surface area (Å²) in [5, 5.41) is 25.3. The lowest BCUT2D eigenvalue weighted by molar-refractivity contribution is -0.166. The minimum atomic E-state index is -2.22. The van der Waals surface area contributed by atoms with E-state index in [0.29, 0.717) is 11.8 Å². The maximum Gasteiger partial charge on any atom is 0.412 e. The minimum Gasteiger partial charge on any atom is -0.478 e. The average Bonchev–Trinajstić information content (AvgIpc) is 3.63. The molecule has 12 heteroatoms. The van der Waals surface area contributed by atoms with Crippen LogP contribution in [0.4, 0.5) is 4.79 Å². The molecule has 5 rings (SSSR count). The standard InChI is InChI=1S/C21H32N2O2.C20H18O8/c1-4-6-7-8-16(5-2)23-20(24)25-17-10-9-15-13-19-21(3,11-12-22-19)18(15)14-17;1-11-3-7-13(8-4-11)19(25)27-15(17(21)22)16(18(23)24)28-20(26)14-9-5-12(2)6-10-14/h9-10,14,16,19,22H,4-8,11-13H2,1-3H3,(H,23,24);3-10,15-16H,1-2H3,(H,21,22)(H,23,24)/t16?,19-,21+;15-,16-/m01/s1. The van der Waals surface area contributed by atoms with Gasteiger partial charge in [0.15, 0.2) is 0 Å². The Labute approximate surface area is 310 Å². The van der Waals surface area contributed by atoms with Crippen LogP contribution in [0.2, 0.25) is 0 Å². The van der Waals surface area contributed by atoms with Crippen molar-refractivity contribution >= 4 is 30.0 Å². The molecule has 1 fully saturated rings. The highest BCUT2D eigenvalue weighted by Crippen LogP contribution is 2.45. The van der Waals surface area contributed by atoms with Gasteiger partial charge in [0.1, 0.15) is 5.75 Å². The van der Waals surface area contributed by atoms with Gasteiger partial charge in [-0.3, -0.25) is 0 Å². The van der Waals surface area contributed by atoms with Gasteiger partial charge in [0.2, 0.25) is 12.2 Å². The lowest BCUT2D eigenvalue weighted by Gasteiger charge is -2.25. The van der Waals surface area contributed by atoms with Gasteiger partial charge in [0.25, 0.3) is 0 Å². The number of nitrogens with one attached hydrogen (secondary N) is 2. The Hall–Kier alpha value is -5.23. The predicted octanol–water partition coefficient (Wildman–Crippen LogP) is 6.53. The fourth-order valence-corrected chi connectivity index (χ4v) is 6.63. The predicted molar refractivity (Wildman–Crippen MR) is 197 cm³/mol. The molecule has 1 saturated heterocycles. The number of fused-ring (bicyclic) bond motifs is 3. The van der Waals surface area contributed by atoms with Crippen LogP contribution in [-0.4, -0.2) is 71.0 Å². The van der Waals surface area contributed by atoms with Gasteiger partial charge in [-0.15, -0.1) is 0 Å². The Kier molecular flexibility index (Phi) is 14.2. The summed E-state index contributed by atoms with van der Waals surface area (Å²) < 4.78 is 15.2. The molecular formula is C41H50N2O10. The Bertz CT molecular complexity index is 1680. The highest BCUT2D eigenvalue weighted by molar-refractivity contribution is 5.95. The van der Waals surface area contributed by atoms with Crippen molar-refractivity contribution in [3.05, 3.63) is 100 Å². The largest absolute Gasteiger partial charge is 0.478 e. The molecule has 0 aromatic heterocycles. The number of benzene rings is 3. The summed E-state index contributed by atoms with van der Waals surface area (Å²) in [6.07, 6.45) is 2.98. The van der Waals surface area contributed by atoms with Crippen LogP contribution in [0.5, 0.6) is 5.75 Å². The lowest BCUT2D eigenvalue weighted by atomic mass is 9.81. The molecule has 1 aliphatic heterocycles. The second-order valence-electron chi connectivity index (χ2n) is 13.9. The van der Waals surface area contributed by atoms with Crippen molar-refractivity contribution in [2.45, 2.75) is 109 Å². The van der Waals surface area contributed by atoms with Crippen LogP contribution in [0.25, 0.3) is 0 Å². The summed E-state index contributed by atoms with van der Waals surface area (Å²) in [5.41, 5.74) is 4.71. The highest BCUT2D eigenvalue weighted by Gasteiger charge is 2.46. The first-order chi connectivity index (χ1) is 25.2. The molecule has 1 aliphatic carbocycles. The van der Waals surface area contributed by atoms with Crippen LogP contribution in [-0.2, 0) is 30.9 Å². The molecule has 1 unspecified atom stereocenters. The number of rotatable bonds is 14. The molecule has 3 aromatic carbocycles. The Morgan fingerprint density at radius 1 is 0.830 bits per heavy atom. The number of hydrogen-bond acceptors (Lipinski definition) is 9. The maximum atomic E-state index is 12.3. The fraction of sp³-hybridized carbons (Fsp3) is 0.439. The van der Waals surface area contributed by atoms with Crippen molar-refractivity contribution in [2.24, 2.45) is 0 Å². The normalized spacial score (nSPS) is 18.5. The van der Waals surface area contributed by atoms with Gasteiger partial charge < -0.3 is 35.1 Å². The third-order valence-electron chi connectivity index (χ3n) is 9.91. The van der Waals surface area contributed by atoms with E-state index in [4.69, 9.17) is 14.2 Å². The van der Waals surface area contributed by atoms with E-state index in [1.54, 1.807) is 38.1 Å². The third-order valence-corrected chi connectivity index (χ3v) is 9.91. The van der Waals surface area contributed by atoms with Crippen molar-refractivity contribution in [3.8, 4) is 5.75 Å². The zero-order valence-electron chi connectivity index (χ0n) is 31.0. The first-order valence-electron chi connectivity index (χ1n) is 18.1. The molecule has 53 heavy (non-hydrogen) atoms. The Morgan fingerprint density at radius 2 is 1.38 bits per heavy atom. The first-order valence-corrected chi connectivity index (χ1v) is 18.1. The number of aryl methyl sites for hydroxylation is 2. The zero-order chi connectivity index (χ0) is 38.7. The van der Waals surface area contributed by atoms with Crippen molar-refractivity contribution in [1.82, 2.24) is 10.6 Å². The molecular weight excluding hydrogens is 680 g/mol. The zero-order valence-corrected chi connectivity index (χ0v) is 31.0. The number of esters is 2. The summed E-state index contributed by atoms with van der Waals surface area (Å²) >= 11 is 0. The number of aliphatic carboxylic acids is 2.